The lowest BCUT2D eigenvalue weighted by Gasteiger charge is -2.08. The zero-order valence-electron chi connectivity index (χ0n) is 11.8. The summed E-state index contributed by atoms with van der Waals surface area (Å²) in [6.45, 7) is 4.49. The standard InChI is InChI=1S/C16H15F2N3/c1-3-21-16-13(9-19-21)12(15(17)18)8-14(20-16)11-6-4-10(2)5-7-11/h4-9,15H,3H2,1-2H3. The molecule has 108 valence electrons. The van der Waals surface area contributed by atoms with E-state index in [4.69, 9.17) is 0 Å². The Morgan fingerprint density at radius 1 is 1.19 bits per heavy atom. The molecule has 3 rings (SSSR count). The Bertz CT molecular complexity index is 776. The van der Waals surface area contributed by atoms with Crippen molar-refractivity contribution >= 4 is 11.0 Å². The molecule has 0 aliphatic heterocycles. The molecule has 0 fully saturated rings. The molecule has 0 spiro atoms. The van der Waals surface area contributed by atoms with Gasteiger partial charge in [0.05, 0.1) is 11.9 Å². The predicted octanol–water partition coefficient (Wildman–Crippen LogP) is 4.36. The molecule has 0 aliphatic carbocycles. The summed E-state index contributed by atoms with van der Waals surface area (Å²) in [6, 6.07) is 9.14. The quantitative estimate of drug-likeness (QED) is 0.716. The van der Waals surface area contributed by atoms with Crippen LogP contribution in [0.3, 0.4) is 0 Å². The van der Waals surface area contributed by atoms with Crippen LogP contribution in [-0.2, 0) is 6.54 Å². The maximum Gasteiger partial charge on any atom is 0.264 e. The third kappa shape index (κ3) is 2.39. The van der Waals surface area contributed by atoms with Gasteiger partial charge in [0, 0.05) is 23.1 Å². The van der Waals surface area contributed by atoms with Gasteiger partial charge in [-0.1, -0.05) is 29.8 Å². The van der Waals surface area contributed by atoms with E-state index < -0.39 is 6.43 Å². The van der Waals surface area contributed by atoms with E-state index in [2.05, 4.69) is 10.1 Å². The van der Waals surface area contributed by atoms with E-state index in [0.717, 1.165) is 11.1 Å². The van der Waals surface area contributed by atoms with Crippen LogP contribution in [-0.4, -0.2) is 14.8 Å². The molecule has 0 N–H and O–H groups in total. The molecule has 0 aliphatic rings. The van der Waals surface area contributed by atoms with Gasteiger partial charge in [-0.2, -0.15) is 5.10 Å². The molecule has 21 heavy (non-hydrogen) atoms. The van der Waals surface area contributed by atoms with Gasteiger partial charge < -0.3 is 0 Å². The van der Waals surface area contributed by atoms with Crippen LogP contribution in [0, 0.1) is 6.92 Å². The van der Waals surface area contributed by atoms with Crippen molar-refractivity contribution in [1.82, 2.24) is 14.8 Å². The first-order valence-corrected chi connectivity index (χ1v) is 6.81. The van der Waals surface area contributed by atoms with E-state index in [0.29, 0.717) is 23.3 Å². The first kappa shape index (κ1) is 13.7. The van der Waals surface area contributed by atoms with Crippen molar-refractivity contribution in [3.63, 3.8) is 0 Å². The molecule has 0 radical (unpaired) electrons. The van der Waals surface area contributed by atoms with E-state index >= 15 is 0 Å². The van der Waals surface area contributed by atoms with Crippen molar-refractivity contribution in [2.75, 3.05) is 0 Å². The van der Waals surface area contributed by atoms with E-state index in [1.807, 2.05) is 38.1 Å². The van der Waals surface area contributed by atoms with E-state index in [9.17, 15) is 8.78 Å². The van der Waals surface area contributed by atoms with Crippen molar-refractivity contribution in [3.05, 3.63) is 47.7 Å². The van der Waals surface area contributed by atoms with Gasteiger partial charge >= 0.3 is 0 Å². The molecule has 0 unspecified atom stereocenters. The van der Waals surface area contributed by atoms with E-state index in [1.54, 1.807) is 4.68 Å². The molecular formula is C16H15F2N3. The molecule has 2 aromatic heterocycles. The minimum Gasteiger partial charge on any atom is -0.248 e. The molecule has 5 heteroatoms. The maximum absolute atomic E-state index is 13.3. The number of alkyl halides is 2. The summed E-state index contributed by atoms with van der Waals surface area (Å²) in [5, 5.41) is 4.55. The van der Waals surface area contributed by atoms with Gasteiger partial charge in [0.1, 0.15) is 0 Å². The average molecular weight is 287 g/mol. The molecule has 2 heterocycles. The summed E-state index contributed by atoms with van der Waals surface area (Å²) in [4.78, 5) is 4.52. The first-order chi connectivity index (χ1) is 10.1. The fraction of sp³-hybridized carbons (Fsp3) is 0.250. The molecule has 0 atom stereocenters. The molecule has 0 bridgehead atoms. The number of pyridine rings is 1. The van der Waals surface area contributed by atoms with Crippen LogP contribution < -0.4 is 0 Å². The summed E-state index contributed by atoms with van der Waals surface area (Å²) in [6.07, 6.45) is -1.08. The molecule has 3 nitrogen and oxygen atoms in total. The Labute approximate surface area is 121 Å². The summed E-state index contributed by atoms with van der Waals surface area (Å²) in [5.74, 6) is 0. The third-order valence-corrected chi connectivity index (χ3v) is 3.52. The Hall–Kier alpha value is -2.30. The van der Waals surface area contributed by atoms with Gasteiger partial charge in [0.25, 0.3) is 6.43 Å². The summed E-state index contributed by atoms with van der Waals surface area (Å²) in [5.41, 5.74) is 2.98. The number of hydrogen-bond acceptors (Lipinski definition) is 2. The van der Waals surface area contributed by atoms with Gasteiger partial charge in [-0.05, 0) is 19.9 Å². The lowest BCUT2D eigenvalue weighted by Crippen LogP contribution is -1.99. The van der Waals surface area contributed by atoms with Crippen molar-refractivity contribution in [1.29, 1.82) is 0 Å². The molecule has 0 amide bonds. The van der Waals surface area contributed by atoms with Crippen LogP contribution in [0.5, 0.6) is 0 Å². The highest BCUT2D eigenvalue weighted by molar-refractivity contribution is 5.82. The fourth-order valence-electron chi connectivity index (χ4n) is 2.36. The summed E-state index contributed by atoms with van der Waals surface area (Å²) >= 11 is 0. The number of fused-ring (bicyclic) bond motifs is 1. The molecule has 0 saturated carbocycles. The minimum atomic E-state index is -2.55. The highest BCUT2D eigenvalue weighted by Crippen LogP contribution is 2.31. The highest BCUT2D eigenvalue weighted by Gasteiger charge is 2.17. The maximum atomic E-state index is 13.3. The number of aryl methyl sites for hydroxylation is 2. The fourth-order valence-corrected chi connectivity index (χ4v) is 2.36. The number of rotatable bonds is 3. The Morgan fingerprint density at radius 2 is 1.90 bits per heavy atom. The van der Waals surface area contributed by atoms with E-state index in [1.165, 1.54) is 12.3 Å². The zero-order valence-corrected chi connectivity index (χ0v) is 11.8. The number of hydrogen-bond donors (Lipinski definition) is 0. The van der Waals surface area contributed by atoms with Gasteiger partial charge in [0.15, 0.2) is 5.65 Å². The summed E-state index contributed by atoms with van der Waals surface area (Å²) in [7, 11) is 0. The number of nitrogens with zero attached hydrogens (tertiary/aromatic N) is 3. The van der Waals surface area contributed by atoms with Gasteiger partial charge in [-0.25, -0.2) is 18.4 Å². The molecular weight excluding hydrogens is 272 g/mol. The topological polar surface area (TPSA) is 30.7 Å². The Balaban J connectivity index is 2.25. The third-order valence-electron chi connectivity index (χ3n) is 3.52. The van der Waals surface area contributed by atoms with Crippen LogP contribution in [0.1, 0.15) is 24.5 Å². The van der Waals surface area contributed by atoms with Gasteiger partial charge in [-0.15, -0.1) is 0 Å². The predicted molar refractivity (Wildman–Crippen MR) is 78.3 cm³/mol. The van der Waals surface area contributed by atoms with Crippen molar-refractivity contribution in [2.24, 2.45) is 0 Å². The minimum absolute atomic E-state index is 0.0183. The normalized spacial score (nSPS) is 11.5. The van der Waals surface area contributed by atoms with Crippen LogP contribution in [0.4, 0.5) is 8.78 Å². The highest BCUT2D eigenvalue weighted by atomic mass is 19.3. The van der Waals surface area contributed by atoms with Crippen LogP contribution in [0.15, 0.2) is 36.5 Å². The summed E-state index contributed by atoms with van der Waals surface area (Å²) < 4.78 is 28.2. The number of halogens is 2. The van der Waals surface area contributed by atoms with Crippen LogP contribution in [0.25, 0.3) is 22.3 Å². The van der Waals surface area contributed by atoms with Gasteiger partial charge in [0.2, 0.25) is 0 Å². The lowest BCUT2D eigenvalue weighted by molar-refractivity contribution is 0.153. The van der Waals surface area contributed by atoms with Crippen molar-refractivity contribution in [3.8, 4) is 11.3 Å². The molecule has 1 aromatic carbocycles. The smallest absolute Gasteiger partial charge is 0.248 e. The lowest BCUT2D eigenvalue weighted by atomic mass is 10.1. The second-order valence-electron chi connectivity index (χ2n) is 4.96. The Morgan fingerprint density at radius 3 is 2.52 bits per heavy atom. The van der Waals surface area contributed by atoms with Crippen LogP contribution in [0.2, 0.25) is 0 Å². The second kappa shape index (κ2) is 5.24. The molecule has 3 aromatic rings. The van der Waals surface area contributed by atoms with E-state index in [-0.39, 0.29) is 5.56 Å². The van der Waals surface area contributed by atoms with Crippen LogP contribution >= 0.6 is 0 Å². The second-order valence-corrected chi connectivity index (χ2v) is 4.96. The average Bonchev–Trinajstić information content (AvgIpc) is 2.89. The number of benzene rings is 1. The zero-order chi connectivity index (χ0) is 15.0. The monoisotopic (exact) mass is 287 g/mol. The Kier molecular flexibility index (Phi) is 3.41. The number of aromatic nitrogens is 3. The first-order valence-electron chi connectivity index (χ1n) is 6.81. The largest absolute Gasteiger partial charge is 0.264 e. The van der Waals surface area contributed by atoms with Gasteiger partial charge in [-0.3, -0.25) is 0 Å². The van der Waals surface area contributed by atoms with Crippen molar-refractivity contribution < 1.29 is 8.78 Å². The SMILES string of the molecule is CCn1ncc2c(C(F)F)cc(-c3ccc(C)cc3)nc21. The van der Waals surface area contributed by atoms with Crippen molar-refractivity contribution in [2.45, 2.75) is 26.8 Å². The molecule has 0 saturated heterocycles.